The zero-order chi connectivity index (χ0) is 6.85. The third-order valence-corrected chi connectivity index (χ3v) is 0.969. The van der Waals surface area contributed by atoms with E-state index in [0.717, 1.165) is 0 Å². The summed E-state index contributed by atoms with van der Waals surface area (Å²) in [5, 5.41) is 2.66. The lowest BCUT2D eigenvalue weighted by Gasteiger charge is -1.87. The average molecular weight is 129 g/mol. The molecular formula is C5H7NO3. The minimum Gasteiger partial charge on any atom is -0.394 e. The molecule has 4 heteroatoms. The number of aryl methyl sites for hydroxylation is 1. The van der Waals surface area contributed by atoms with Gasteiger partial charge in [-0.15, -0.1) is 0 Å². The highest BCUT2D eigenvalue weighted by molar-refractivity contribution is 5.31. The molecule has 4 nitrogen and oxygen atoms in total. The van der Waals surface area contributed by atoms with E-state index in [4.69, 9.17) is 0 Å². The van der Waals surface area contributed by atoms with Crippen molar-refractivity contribution in [2.45, 2.75) is 6.92 Å². The van der Waals surface area contributed by atoms with Crippen LogP contribution in [-0.4, -0.2) is 7.05 Å². The van der Waals surface area contributed by atoms with Gasteiger partial charge in [-0.1, -0.05) is 0 Å². The molecule has 0 aromatic carbocycles. The summed E-state index contributed by atoms with van der Waals surface area (Å²) in [5.41, 5.74) is 0. The highest BCUT2D eigenvalue weighted by atomic mass is 16.6. The molecule has 0 spiro atoms. The van der Waals surface area contributed by atoms with E-state index < -0.39 is 5.82 Å². The van der Waals surface area contributed by atoms with E-state index in [1.54, 1.807) is 14.0 Å². The van der Waals surface area contributed by atoms with Crippen molar-refractivity contribution >= 4 is 5.88 Å². The van der Waals surface area contributed by atoms with Crippen LogP contribution in [-0.2, 0) is 0 Å². The second-order valence-electron chi connectivity index (χ2n) is 1.59. The standard InChI is InChI=1S/C5H7NO3/c1-3-4(6-2)9-5(7)8-3/h6H,1-2H3. The van der Waals surface area contributed by atoms with E-state index >= 15 is 0 Å². The van der Waals surface area contributed by atoms with E-state index in [9.17, 15) is 4.79 Å². The van der Waals surface area contributed by atoms with Crippen molar-refractivity contribution in [1.82, 2.24) is 0 Å². The van der Waals surface area contributed by atoms with E-state index in [1.165, 1.54) is 0 Å². The molecular weight excluding hydrogens is 122 g/mol. The lowest BCUT2D eigenvalue weighted by molar-refractivity contribution is 0.382. The molecule has 9 heavy (non-hydrogen) atoms. The Balaban J connectivity index is 3.16. The molecule has 0 saturated carbocycles. The topological polar surface area (TPSA) is 55.4 Å². The van der Waals surface area contributed by atoms with Crippen molar-refractivity contribution in [2.24, 2.45) is 0 Å². The van der Waals surface area contributed by atoms with E-state index in [-0.39, 0.29) is 0 Å². The van der Waals surface area contributed by atoms with Crippen LogP contribution in [0.25, 0.3) is 0 Å². The molecule has 0 aliphatic rings. The van der Waals surface area contributed by atoms with Crippen molar-refractivity contribution in [3.63, 3.8) is 0 Å². The molecule has 50 valence electrons. The smallest absolute Gasteiger partial charge is 0.394 e. The Morgan fingerprint density at radius 2 is 2.11 bits per heavy atom. The summed E-state index contributed by atoms with van der Waals surface area (Å²) in [7, 11) is 1.65. The predicted octanol–water partition coefficient (Wildman–Crippen LogP) is 0.583. The maximum Gasteiger partial charge on any atom is 0.520 e. The molecule has 1 heterocycles. The maximum atomic E-state index is 10.3. The van der Waals surface area contributed by atoms with Gasteiger partial charge in [-0.25, -0.2) is 4.79 Å². The number of hydrogen-bond donors (Lipinski definition) is 1. The molecule has 0 bridgehead atoms. The van der Waals surface area contributed by atoms with Gasteiger partial charge >= 0.3 is 5.82 Å². The van der Waals surface area contributed by atoms with E-state index in [1.807, 2.05) is 0 Å². The lowest BCUT2D eigenvalue weighted by atomic mass is 10.5. The van der Waals surface area contributed by atoms with Gasteiger partial charge in [0.05, 0.1) is 0 Å². The van der Waals surface area contributed by atoms with Gasteiger partial charge in [0.2, 0.25) is 5.88 Å². The minimum atomic E-state index is -0.670. The van der Waals surface area contributed by atoms with Crippen LogP contribution in [0.3, 0.4) is 0 Å². The summed E-state index contributed by atoms with van der Waals surface area (Å²) in [4.78, 5) is 10.3. The SMILES string of the molecule is CNc1oc(=O)oc1C. The first-order valence-electron chi connectivity index (χ1n) is 2.52. The molecule has 0 aliphatic carbocycles. The fourth-order valence-corrected chi connectivity index (χ4v) is 0.574. The third kappa shape index (κ3) is 0.960. The van der Waals surface area contributed by atoms with Crippen molar-refractivity contribution in [3.05, 3.63) is 16.4 Å². The van der Waals surface area contributed by atoms with Crippen LogP contribution in [0, 0.1) is 6.92 Å². The summed E-state index contributed by atoms with van der Waals surface area (Å²) in [6.45, 7) is 1.65. The fraction of sp³-hybridized carbons (Fsp3) is 0.400. The molecule has 1 rings (SSSR count). The highest BCUT2D eigenvalue weighted by Crippen LogP contribution is 2.08. The number of hydrogen-bond acceptors (Lipinski definition) is 4. The van der Waals surface area contributed by atoms with Crippen LogP contribution in [0.2, 0.25) is 0 Å². The van der Waals surface area contributed by atoms with Gasteiger partial charge in [0.15, 0.2) is 5.76 Å². The van der Waals surface area contributed by atoms with Crippen LogP contribution >= 0.6 is 0 Å². The lowest BCUT2D eigenvalue weighted by Crippen LogP contribution is -1.88. The Hall–Kier alpha value is -1.19. The van der Waals surface area contributed by atoms with Crippen molar-refractivity contribution in [3.8, 4) is 0 Å². The highest BCUT2D eigenvalue weighted by Gasteiger charge is 2.03. The molecule has 1 aromatic heterocycles. The van der Waals surface area contributed by atoms with Gasteiger partial charge in [-0.3, -0.25) is 0 Å². The van der Waals surface area contributed by atoms with Crippen LogP contribution in [0.1, 0.15) is 5.76 Å². The monoisotopic (exact) mass is 129 g/mol. The van der Waals surface area contributed by atoms with Gasteiger partial charge in [0.1, 0.15) is 0 Å². The Morgan fingerprint density at radius 3 is 2.33 bits per heavy atom. The summed E-state index contributed by atoms with van der Waals surface area (Å²) in [6.07, 6.45) is 0. The van der Waals surface area contributed by atoms with Gasteiger partial charge in [0, 0.05) is 7.05 Å². The van der Waals surface area contributed by atoms with Gasteiger partial charge in [0.25, 0.3) is 0 Å². The minimum absolute atomic E-state index is 0.389. The Kier molecular flexibility index (Phi) is 1.30. The molecule has 0 fully saturated rings. The Labute approximate surface area is 51.5 Å². The van der Waals surface area contributed by atoms with E-state index in [2.05, 4.69) is 14.2 Å². The first-order chi connectivity index (χ1) is 4.24. The first-order valence-corrected chi connectivity index (χ1v) is 2.52. The molecule has 1 aromatic rings. The number of rotatable bonds is 1. The second-order valence-corrected chi connectivity index (χ2v) is 1.59. The molecule has 0 aliphatic heterocycles. The number of anilines is 1. The quantitative estimate of drug-likeness (QED) is 0.602. The molecule has 0 unspecified atom stereocenters. The van der Waals surface area contributed by atoms with Crippen LogP contribution in [0.4, 0.5) is 5.88 Å². The zero-order valence-corrected chi connectivity index (χ0v) is 5.22. The van der Waals surface area contributed by atoms with Crippen LogP contribution in [0.5, 0.6) is 0 Å². The summed E-state index contributed by atoms with van der Waals surface area (Å²) < 4.78 is 9.05. The van der Waals surface area contributed by atoms with E-state index in [0.29, 0.717) is 11.6 Å². The van der Waals surface area contributed by atoms with Gasteiger partial charge in [-0.2, -0.15) is 0 Å². The van der Waals surface area contributed by atoms with Crippen molar-refractivity contribution in [2.75, 3.05) is 12.4 Å². The van der Waals surface area contributed by atoms with Crippen LogP contribution in [0.15, 0.2) is 13.6 Å². The molecule has 0 amide bonds. The molecule has 0 radical (unpaired) electrons. The van der Waals surface area contributed by atoms with Crippen LogP contribution < -0.4 is 11.1 Å². The molecule has 0 atom stereocenters. The number of nitrogens with one attached hydrogen (secondary N) is 1. The summed E-state index contributed by atoms with van der Waals surface area (Å²) in [6, 6.07) is 0. The molecule has 0 saturated heterocycles. The fourth-order valence-electron chi connectivity index (χ4n) is 0.574. The second kappa shape index (κ2) is 1.97. The average Bonchev–Trinajstić information content (AvgIpc) is 2.10. The Bertz CT molecular complexity index is 247. The van der Waals surface area contributed by atoms with Gasteiger partial charge < -0.3 is 14.2 Å². The zero-order valence-electron chi connectivity index (χ0n) is 5.22. The normalized spacial score (nSPS) is 9.56. The summed E-state index contributed by atoms with van der Waals surface area (Å²) in [5.74, 6) is 0.194. The Morgan fingerprint density at radius 1 is 1.44 bits per heavy atom. The first kappa shape index (κ1) is 5.94. The molecule has 1 N–H and O–H groups in total. The van der Waals surface area contributed by atoms with Crippen molar-refractivity contribution in [1.29, 1.82) is 0 Å². The third-order valence-electron chi connectivity index (χ3n) is 0.969. The largest absolute Gasteiger partial charge is 0.520 e. The summed E-state index contributed by atoms with van der Waals surface area (Å²) >= 11 is 0. The van der Waals surface area contributed by atoms with Crippen molar-refractivity contribution < 1.29 is 8.83 Å². The maximum absolute atomic E-state index is 10.3. The predicted molar refractivity (Wildman–Crippen MR) is 31.5 cm³/mol. The van der Waals surface area contributed by atoms with Gasteiger partial charge in [-0.05, 0) is 6.92 Å².